The van der Waals surface area contributed by atoms with Crippen LogP contribution in [0.4, 0.5) is 0 Å². The van der Waals surface area contributed by atoms with Gasteiger partial charge in [-0.05, 0) is 17.2 Å². The molecule has 3 aliphatic heterocycles. The summed E-state index contributed by atoms with van der Waals surface area (Å²) in [5.74, 6) is -0.148. The van der Waals surface area contributed by atoms with E-state index in [0.29, 0.717) is 17.0 Å². The van der Waals surface area contributed by atoms with Crippen molar-refractivity contribution in [1.29, 1.82) is 0 Å². The zero-order valence-electron chi connectivity index (χ0n) is 16.0. The zero-order chi connectivity index (χ0) is 19.4. The SMILES string of the molecule is C=CC[N+]12CCC(CC1)[C@@H](OC(=O)C1(O)c3ccccc3-c3ccccc31)C2. The number of hydrogen-bond acceptors (Lipinski definition) is 3. The topological polar surface area (TPSA) is 46.5 Å². The van der Waals surface area contributed by atoms with Gasteiger partial charge in [0.1, 0.15) is 6.54 Å². The van der Waals surface area contributed by atoms with Crippen LogP contribution < -0.4 is 0 Å². The van der Waals surface area contributed by atoms with Gasteiger partial charge in [-0.2, -0.15) is 0 Å². The Hall–Kier alpha value is -2.43. The average molecular weight is 376 g/mol. The lowest BCUT2D eigenvalue weighted by atomic mass is 9.83. The fraction of sp³-hybridized carbons (Fsp3) is 0.375. The number of nitrogens with zero attached hydrogens (tertiary/aromatic N) is 1. The Bertz CT molecular complexity index is 897. The highest BCUT2D eigenvalue weighted by molar-refractivity contribution is 5.96. The first kappa shape index (κ1) is 17.7. The number of piperidine rings is 3. The van der Waals surface area contributed by atoms with E-state index in [4.69, 9.17) is 4.74 Å². The van der Waals surface area contributed by atoms with Crippen LogP contribution in [0, 0.1) is 5.92 Å². The predicted octanol–water partition coefficient (Wildman–Crippen LogP) is 3.24. The number of quaternary nitrogens is 1. The van der Waals surface area contributed by atoms with Crippen molar-refractivity contribution in [3.8, 4) is 11.1 Å². The van der Waals surface area contributed by atoms with Crippen LogP contribution in [0.2, 0.25) is 0 Å². The summed E-state index contributed by atoms with van der Waals surface area (Å²) in [5, 5.41) is 11.6. The van der Waals surface area contributed by atoms with Crippen molar-refractivity contribution in [1.82, 2.24) is 0 Å². The van der Waals surface area contributed by atoms with E-state index in [1.807, 2.05) is 54.6 Å². The normalized spacial score (nSPS) is 29.0. The van der Waals surface area contributed by atoms with Crippen molar-refractivity contribution < 1.29 is 19.1 Å². The van der Waals surface area contributed by atoms with Crippen LogP contribution in [0.1, 0.15) is 24.0 Å². The maximum absolute atomic E-state index is 13.4. The Morgan fingerprint density at radius 3 is 2.25 bits per heavy atom. The molecule has 1 aliphatic carbocycles. The lowest BCUT2D eigenvalue weighted by Gasteiger charge is -2.51. The van der Waals surface area contributed by atoms with E-state index < -0.39 is 11.6 Å². The first-order chi connectivity index (χ1) is 13.6. The molecule has 28 heavy (non-hydrogen) atoms. The molecule has 1 atom stereocenters. The van der Waals surface area contributed by atoms with Crippen LogP contribution in [-0.4, -0.2) is 47.8 Å². The largest absolute Gasteiger partial charge is 0.453 e. The molecular weight excluding hydrogens is 350 g/mol. The van der Waals surface area contributed by atoms with Crippen LogP contribution in [0.15, 0.2) is 61.2 Å². The van der Waals surface area contributed by atoms with Gasteiger partial charge in [0.05, 0.1) is 19.6 Å². The second-order valence-corrected chi connectivity index (χ2v) is 8.53. The van der Waals surface area contributed by atoms with Gasteiger partial charge in [0, 0.05) is 29.9 Å². The molecule has 4 nitrogen and oxygen atoms in total. The number of rotatable bonds is 4. The summed E-state index contributed by atoms with van der Waals surface area (Å²) in [7, 11) is 0. The molecule has 4 aliphatic rings. The lowest BCUT2D eigenvalue weighted by molar-refractivity contribution is -0.941. The number of ether oxygens (including phenoxy) is 1. The van der Waals surface area contributed by atoms with E-state index in [0.717, 1.165) is 54.6 Å². The van der Waals surface area contributed by atoms with E-state index in [-0.39, 0.29) is 6.10 Å². The van der Waals surface area contributed by atoms with Gasteiger partial charge in [0.2, 0.25) is 5.60 Å². The van der Waals surface area contributed by atoms with E-state index in [9.17, 15) is 9.90 Å². The maximum atomic E-state index is 13.4. The Kier molecular flexibility index (Phi) is 3.97. The number of fused-ring (bicyclic) bond motifs is 6. The minimum atomic E-state index is -1.73. The van der Waals surface area contributed by atoms with Crippen molar-refractivity contribution in [3.05, 3.63) is 72.3 Å². The number of hydrogen-bond donors (Lipinski definition) is 1. The van der Waals surface area contributed by atoms with Crippen molar-refractivity contribution >= 4 is 5.97 Å². The molecular formula is C24H26NO3+. The van der Waals surface area contributed by atoms with Crippen LogP contribution >= 0.6 is 0 Å². The van der Waals surface area contributed by atoms with Gasteiger partial charge in [-0.3, -0.25) is 0 Å². The maximum Gasteiger partial charge on any atom is 0.348 e. The molecule has 0 spiro atoms. The minimum absolute atomic E-state index is 0.140. The summed E-state index contributed by atoms with van der Waals surface area (Å²) in [5.41, 5.74) is 1.32. The summed E-state index contributed by atoms with van der Waals surface area (Å²) in [6.07, 6.45) is 3.97. The Morgan fingerprint density at radius 2 is 1.68 bits per heavy atom. The summed E-state index contributed by atoms with van der Waals surface area (Å²) < 4.78 is 7.01. The van der Waals surface area contributed by atoms with Gasteiger partial charge in [0.25, 0.3) is 0 Å². The predicted molar refractivity (Wildman–Crippen MR) is 107 cm³/mol. The minimum Gasteiger partial charge on any atom is -0.453 e. The Morgan fingerprint density at radius 1 is 1.11 bits per heavy atom. The molecule has 0 saturated carbocycles. The second-order valence-electron chi connectivity index (χ2n) is 8.53. The van der Waals surface area contributed by atoms with Crippen molar-refractivity contribution in [2.24, 2.45) is 5.92 Å². The van der Waals surface area contributed by atoms with Gasteiger partial charge in [-0.1, -0.05) is 55.1 Å². The average Bonchev–Trinajstić information content (AvgIpc) is 2.99. The molecule has 1 N–H and O–H groups in total. The van der Waals surface area contributed by atoms with E-state index in [2.05, 4.69) is 6.58 Å². The smallest absolute Gasteiger partial charge is 0.348 e. The lowest BCUT2D eigenvalue weighted by Crippen LogP contribution is -2.64. The van der Waals surface area contributed by atoms with Gasteiger partial charge in [-0.15, -0.1) is 0 Å². The molecule has 6 rings (SSSR count). The van der Waals surface area contributed by atoms with E-state index >= 15 is 0 Å². The Labute approximate surface area is 165 Å². The number of esters is 1. The zero-order valence-corrected chi connectivity index (χ0v) is 16.0. The summed E-state index contributed by atoms with van der Waals surface area (Å²) in [6, 6.07) is 15.2. The molecule has 2 aromatic carbocycles. The second kappa shape index (κ2) is 6.29. The van der Waals surface area contributed by atoms with E-state index in [1.54, 1.807) is 0 Å². The Balaban J connectivity index is 1.48. The fourth-order valence-corrected chi connectivity index (χ4v) is 5.54. The molecule has 0 radical (unpaired) electrons. The highest BCUT2D eigenvalue weighted by Crippen LogP contribution is 2.48. The third-order valence-corrected chi connectivity index (χ3v) is 7.04. The monoisotopic (exact) mass is 376 g/mol. The van der Waals surface area contributed by atoms with Gasteiger partial charge < -0.3 is 14.3 Å². The van der Waals surface area contributed by atoms with Crippen molar-refractivity contribution in [2.45, 2.75) is 24.5 Å². The molecule has 3 heterocycles. The summed E-state index contributed by atoms with van der Waals surface area (Å²) in [6.45, 7) is 7.90. The first-order valence-electron chi connectivity index (χ1n) is 10.2. The molecule has 144 valence electrons. The number of carbonyl (C=O) groups is 1. The number of carbonyl (C=O) groups excluding carboxylic acids is 1. The van der Waals surface area contributed by atoms with Crippen LogP contribution in [0.25, 0.3) is 11.1 Å². The summed E-state index contributed by atoms with van der Waals surface area (Å²) >= 11 is 0. The van der Waals surface area contributed by atoms with Crippen molar-refractivity contribution in [2.75, 3.05) is 26.2 Å². The quantitative estimate of drug-likeness (QED) is 0.506. The highest BCUT2D eigenvalue weighted by atomic mass is 16.6. The van der Waals surface area contributed by atoms with Gasteiger partial charge in [0.15, 0.2) is 6.10 Å². The third kappa shape index (κ3) is 2.41. The molecule has 3 fully saturated rings. The first-order valence-corrected chi connectivity index (χ1v) is 10.2. The van der Waals surface area contributed by atoms with Crippen LogP contribution in [0.5, 0.6) is 0 Å². The molecule has 0 unspecified atom stereocenters. The number of aliphatic hydroxyl groups is 1. The molecule has 2 aromatic rings. The molecule has 0 aromatic heterocycles. The van der Waals surface area contributed by atoms with Crippen molar-refractivity contribution in [3.63, 3.8) is 0 Å². The summed E-state index contributed by atoms with van der Waals surface area (Å²) in [4.78, 5) is 13.4. The molecule has 0 amide bonds. The number of benzene rings is 2. The standard InChI is InChI=1S/C24H26NO3/c1-2-13-25-14-11-17(12-15-25)22(16-25)28-23(26)24(27)20-9-5-3-7-18(20)19-8-4-6-10-21(19)24/h2-10,17,22,27H,1,11-16H2/q+1/t17?,22-,25?/m0/s1. The van der Waals surface area contributed by atoms with Crippen LogP contribution in [0.3, 0.4) is 0 Å². The highest BCUT2D eigenvalue weighted by Gasteiger charge is 2.53. The van der Waals surface area contributed by atoms with Gasteiger partial charge in [-0.25, -0.2) is 4.79 Å². The van der Waals surface area contributed by atoms with Gasteiger partial charge >= 0.3 is 5.97 Å². The molecule has 2 bridgehead atoms. The van der Waals surface area contributed by atoms with E-state index in [1.165, 1.54) is 0 Å². The third-order valence-electron chi connectivity index (χ3n) is 7.04. The van der Waals surface area contributed by atoms with Crippen LogP contribution in [-0.2, 0) is 15.1 Å². The fourth-order valence-electron chi connectivity index (χ4n) is 5.54. The molecule has 4 heteroatoms. The molecule has 3 saturated heterocycles.